The lowest BCUT2D eigenvalue weighted by Gasteiger charge is -2.31. The number of benzene rings is 2. The van der Waals surface area contributed by atoms with Crippen LogP contribution >= 0.6 is 15.9 Å². The van der Waals surface area contributed by atoms with Crippen molar-refractivity contribution in [3.05, 3.63) is 93.9 Å². The van der Waals surface area contributed by atoms with Gasteiger partial charge in [0.2, 0.25) is 5.91 Å². The zero-order valence-electron chi connectivity index (χ0n) is 20.6. The Morgan fingerprint density at radius 3 is 2.31 bits per heavy atom. The highest BCUT2D eigenvalue weighted by atomic mass is 79.9. The second kappa shape index (κ2) is 12.9. The number of furan rings is 1. The van der Waals surface area contributed by atoms with Crippen molar-refractivity contribution in [3.63, 3.8) is 0 Å². The van der Waals surface area contributed by atoms with E-state index in [4.69, 9.17) is 9.15 Å². The molecule has 1 aromatic heterocycles. The van der Waals surface area contributed by atoms with Gasteiger partial charge in [0.05, 0.1) is 19.8 Å². The summed E-state index contributed by atoms with van der Waals surface area (Å²) >= 11 is 3.43. The Kier molecular flexibility index (Phi) is 9.33. The third kappa shape index (κ3) is 7.53. The van der Waals surface area contributed by atoms with Crippen molar-refractivity contribution in [2.75, 3.05) is 45.9 Å². The van der Waals surface area contributed by atoms with Crippen LogP contribution in [0.5, 0.6) is 0 Å². The normalized spacial score (nSPS) is 13.9. The van der Waals surface area contributed by atoms with Crippen LogP contribution in [0.3, 0.4) is 0 Å². The smallest absolute Gasteiger partial charge is 0.254 e. The number of nitrogens with zero attached hydrogens (tertiary/aromatic N) is 3. The largest absolute Gasteiger partial charge is 0.464 e. The highest BCUT2D eigenvalue weighted by Crippen LogP contribution is 2.16. The van der Waals surface area contributed by atoms with Crippen LogP contribution < -0.4 is 0 Å². The van der Waals surface area contributed by atoms with Crippen molar-refractivity contribution in [1.29, 1.82) is 0 Å². The summed E-state index contributed by atoms with van der Waals surface area (Å²) in [5, 5.41) is 0. The fourth-order valence-electron chi connectivity index (χ4n) is 4.17. The van der Waals surface area contributed by atoms with Crippen LogP contribution in [-0.4, -0.2) is 72.5 Å². The van der Waals surface area contributed by atoms with Gasteiger partial charge in [-0.25, -0.2) is 0 Å². The Bertz CT molecular complexity index is 1130. The molecule has 0 saturated carbocycles. The third-order valence-corrected chi connectivity index (χ3v) is 6.73. The summed E-state index contributed by atoms with van der Waals surface area (Å²) in [5.41, 5.74) is 1.58. The first-order chi connectivity index (χ1) is 17.5. The fraction of sp³-hybridized carbons (Fsp3) is 0.357. The molecule has 2 aromatic carbocycles. The number of hydrogen-bond acceptors (Lipinski definition) is 5. The van der Waals surface area contributed by atoms with Crippen molar-refractivity contribution in [2.24, 2.45) is 0 Å². The number of carbonyl (C=O) groups excluding carboxylic acids is 2. The Hall–Kier alpha value is -2.94. The van der Waals surface area contributed by atoms with Gasteiger partial charge in [0.15, 0.2) is 0 Å². The van der Waals surface area contributed by atoms with Gasteiger partial charge in [-0.15, -0.1) is 0 Å². The molecule has 190 valence electrons. The molecule has 1 fully saturated rings. The number of aryl methyl sites for hydroxylation is 1. The van der Waals surface area contributed by atoms with Crippen LogP contribution in [-0.2, 0) is 22.6 Å². The molecule has 0 spiro atoms. The van der Waals surface area contributed by atoms with E-state index < -0.39 is 0 Å². The molecule has 0 atom stereocenters. The lowest BCUT2D eigenvalue weighted by molar-refractivity contribution is -0.133. The average Bonchev–Trinajstić information content (AvgIpc) is 3.31. The van der Waals surface area contributed by atoms with Crippen LogP contribution in [0.1, 0.15) is 27.4 Å². The fourth-order valence-corrected chi connectivity index (χ4v) is 4.44. The predicted molar refractivity (Wildman–Crippen MR) is 141 cm³/mol. The van der Waals surface area contributed by atoms with Gasteiger partial charge in [0.25, 0.3) is 5.91 Å². The summed E-state index contributed by atoms with van der Waals surface area (Å²) < 4.78 is 12.1. The second-order valence-corrected chi connectivity index (χ2v) is 9.85. The molecule has 1 aliphatic rings. The summed E-state index contributed by atoms with van der Waals surface area (Å²) in [6.07, 6.45) is 0. The summed E-state index contributed by atoms with van der Waals surface area (Å²) in [6.45, 7) is 6.82. The first kappa shape index (κ1) is 26.1. The first-order valence-corrected chi connectivity index (χ1v) is 13.0. The van der Waals surface area contributed by atoms with E-state index in [2.05, 4.69) is 20.8 Å². The van der Waals surface area contributed by atoms with E-state index in [-0.39, 0.29) is 18.4 Å². The Labute approximate surface area is 220 Å². The average molecular weight is 554 g/mol. The summed E-state index contributed by atoms with van der Waals surface area (Å²) in [7, 11) is 0. The number of halogens is 1. The highest BCUT2D eigenvalue weighted by Gasteiger charge is 2.24. The quantitative estimate of drug-likeness (QED) is 0.373. The standard InChI is InChI=1S/C28H32BrN3O4/c1-22-7-12-26(36-22)20-32(19-23-5-3-2-4-6-23)27(33)21-31(14-13-30-15-17-35-18-16-30)28(34)24-8-10-25(29)11-9-24/h2-12H,13-21H2,1H3. The van der Waals surface area contributed by atoms with Gasteiger partial charge in [-0.3, -0.25) is 14.5 Å². The van der Waals surface area contributed by atoms with Crippen LogP contribution in [0.4, 0.5) is 0 Å². The predicted octanol–water partition coefficient (Wildman–Crippen LogP) is 4.35. The number of amides is 2. The molecule has 7 nitrogen and oxygen atoms in total. The zero-order valence-corrected chi connectivity index (χ0v) is 22.2. The topological polar surface area (TPSA) is 66.2 Å². The molecule has 3 aromatic rings. The van der Waals surface area contributed by atoms with Crippen molar-refractivity contribution in [1.82, 2.24) is 14.7 Å². The minimum absolute atomic E-state index is 0.00817. The van der Waals surface area contributed by atoms with Gasteiger partial charge in [0, 0.05) is 42.8 Å². The molecule has 0 unspecified atom stereocenters. The van der Waals surface area contributed by atoms with E-state index >= 15 is 0 Å². The molecule has 1 saturated heterocycles. The molecule has 36 heavy (non-hydrogen) atoms. The van der Waals surface area contributed by atoms with Crippen LogP contribution in [0.25, 0.3) is 0 Å². The summed E-state index contributed by atoms with van der Waals surface area (Å²) in [5.74, 6) is 1.24. The van der Waals surface area contributed by atoms with E-state index in [9.17, 15) is 9.59 Å². The summed E-state index contributed by atoms with van der Waals surface area (Å²) in [4.78, 5) is 32.8. The number of rotatable bonds is 10. The Morgan fingerprint density at radius 2 is 1.64 bits per heavy atom. The lowest BCUT2D eigenvalue weighted by atomic mass is 10.2. The van der Waals surface area contributed by atoms with Gasteiger partial charge in [-0.2, -0.15) is 0 Å². The molecule has 0 radical (unpaired) electrons. The monoisotopic (exact) mass is 553 g/mol. The number of carbonyl (C=O) groups is 2. The summed E-state index contributed by atoms with van der Waals surface area (Å²) in [6, 6.07) is 20.9. The molecule has 0 N–H and O–H groups in total. The van der Waals surface area contributed by atoms with Gasteiger partial charge < -0.3 is 19.0 Å². The molecule has 4 rings (SSSR count). The van der Waals surface area contributed by atoms with Crippen LogP contribution in [0.2, 0.25) is 0 Å². The number of morpholine rings is 1. The van der Waals surface area contributed by atoms with E-state index in [0.717, 1.165) is 34.6 Å². The van der Waals surface area contributed by atoms with Gasteiger partial charge in [-0.05, 0) is 48.9 Å². The molecule has 0 bridgehead atoms. The van der Waals surface area contributed by atoms with E-state index in [1.807, 2.05) is 61.5 Å². The SMILES string of the molecule is Cc1ccc(CN(Cc2ccccc2)C(=O)CN(CCN2CCOCC2)C(=O)c2ccc(Br)cc2)o1. The third-order valence-electron chi connectivity index (χ3n) is 6.21. The van der Waals surface area contributed by atoms with Crippen LogP contribution in [0, 0.1) is 6.92 Å². The maximum absolute atomic E-state index is 13.7. The Balaban J connectivity index is 1.52. The molecule has 8 heteroatoms. The van der Waals surface area contributed by atoms with E-state index in [1.165, 1.54) is 0 Å². The van der Waals surface area contributed by atoms with E-state index in [1.54, 1.807) is 21.9 Å². The number of ether oxygens (including phenoxy) is 1. The van der Waals surface area contributed by atoms with Crippen molar-refractivity contribution in [2.45, 2.75) is 20.0 Å². The van der Waals surface area contributed by atoms with Gasteiger partial charge >= 0.3 is 0 Å². The molecule has 0 aliphatic carbocycles. The molecule has 1 aliphatic heterocycles. The van der Waals surface area contributed by atoms with E-state index in [0.29, 0.717) is 45.0 Å². The molecular weight excluding hydrogens is 522 g/mol. The minimum atomic E-state index is -0.155. The lowest BCUT2D eigenvalue weighted by Crippen LogP contribution is -2.47. The number of hydrogen-bond donors (Lipinski definition) is 0. The van der Waals surface area contributed by atoms with Crippen molar-refractivity contribution in [3.8, 4) is 0 Å². The second-order valence-electron chi connectivity index (χ2n) is 8.94. The van der Waals surface area contributed by atoms with Crippen molar-refractivity contribution >= 4 is 27.7 Å². The van der Waals surface area contributed by atoms with Gasteiger partial charge in [0.1, 0.15) is 18.1 Å². The van der Waals surface area contributed by atoms with Crippen LogP contribution in [0.15, 0.2) is 75.6 Å². The molecule has 2 heterocycles. The molecular formula is C28H32BrN3O4. The first-order valence-electron chi connectivity index (χ1n) is 12.2. The minimum Gasteiger partial charge on any atom is -0.464 e. The van der Waals surface area contributed by atoms with Crippen molar-refractivity contribution < 1.29 is 18.7 Å². The van der Waals surface area contributed by atoms with Gasteiger partial charge in [-0.1, -0.05) is 46.3 Å². The Morgan fingerprint density at radius 1 is 0.917 bits per heavy atom. The molecule has 2 amide bonds. The zero-order chi connectivity index (χ0) is 25.3. The maximum Gasteiger partial charge on any atom is 0.254 e. The highest BCUT2D eigenvalue weighted by molar-refractivity contribution is 9.10. The maximum atomic E-state index is 13.7.